The van der Waals surface area contributed by atoms with Gasteiger partial charge >= 0.3 is 0 Å². The molecule has 3 heteroatoms. The average molecular weight is 244 g/mol. The Hall–Kier alpha value is -1.61. The molecule has 0 spiro atoms. The molecule has 0 atom stereocenters. The highest BCUT2D eigenvalue weighted by Crippen LogP contribution is 2.09. The number of hydrogen-bond donors (Lipinski definition) is 2. The fourth-order valence-electron chi connectivity index (χ4n) is 2.01. The summed E-state index contributed by atoms with van der Waals surface area (Å²) >= 11 is 0. The number of nitrogens with one attached hydrogen (secondary N) is 2. The van der Waals surface area contributed by atoms with E-state index in [0.29, 0.717) is 6.54 Å². The lowest BCUT2D eigenvalue weighted by molar-refractivity contribution is -0.117. The maximum Gasteiger partial charge on any atom is 0.246 e. The molecule has 1 saturated heterocycles. The molecule has 3 nitrogen and oxygen atoms in total. The van der Waals surface area contributed by atoms with E-state index >= 15 is 0 Å². The van der Waals surface area contributed by atoms with Gasteiger partial charge in [-0.25, -0.2) is 0 Å². The SMILES string of the molecule is CC(C(=O)NCCc1ccccc1C)=C1CNC1. The van der Waals surface area contributed by atoms with Crippen LogP contribution < -0.4 is 10.6 Å². The Morgan fingerprint density at radius 3 is 2.67 bits per heavy atom. The van der Waals surface area contributed by atoms with Crippen LogP contribution in [0.1, 0.15) is 18.1 Å². The molecule has 1 aromatic carbocycles. The molecule has 1 aromatic rings. The highest BCUT2D eigenvalue weighted by Gasteiger charge is 2.15. The van der Waals surface area contributed by atoms with E-state index in [4.69, 9.17) is 0 Å². The first-order valence-corrected chi connectivity index (χ1v) is 6.40. The van der Waals surface area contributed by atoms with Gasteiger partial charge in [-0.1, -0.05) is 24.3 Å². The number of benzene rings is 1. The maximum absolute atomic E-state index is 11.9. The van der Waals surface area contributed by atoms with E-state index in [9.17, 15) is 4.79 Å². The minimum absolute atomic E-state index is 0.0695. The van der Waals surface area contributed by atoms with Gasteiger partial charge in [-0.15, -0.1) is 0 Å². The summed E-state index contributed by atoms with van der Waals surface area (Å²) in [4.78, 5) is 11.9. The molecular formula is C15H20N2O. The predicted molar refractivity (Wildman–Crippen MR) is 73.5 cm³/mol. The minimum atomic E-state index is 0.0695. The van der Waals surface area contributed by atoms with Gasteiger partial charge in [-0.2, -0.15) is 0 Å². The van der Waals surface area contributed by atoms with Crippen LogP contribution in [-0.4, -0.2) is 25.5 Å². The third-order valence-corrected chi connectivity index (χ3v) is 3.49. The van der Waals surface area contributed by atoms with Gasteiger partial charge in [0.05, 0.1) is 0 Å². The number of aryl methyl sites for hydroxylation is 1. The summed E-state index contributed by atoms with van der Waals surface area (Å²) in [5, 5.41) is 6.13. The summed E-state index contributed by atoms with van der Waals surface area (Å²) in [6.45, 7) is 6.42. The largest absolute Gasteiger partial charge is 0.352 e. The van der Waals surface area contributed by atoms with Crippen LogP contribution in [0.25, 0.3) is 0 Å². The van der Waals surface area contributed by atoms with Crippen LogP contribution in [0.2, 0.25) is 0 Å². The molecule has 2 rings (SSSR count). The smallest absolute Gasteiger partial charge is 0.246 e. The van der Waals surface area contributed by atoms with Crippen molar-refractivity contribution in [1.29, 1.82) is 0 Å². The van der Waals surface area contributed by atoms with Crippen molar-refractivity contribution in [1.82, 2.24) is 10.6 Å². The molecule has 1 fully saturated rings. The van der Waals surface area contributed by atoms with Crippen molar-refractivity contribution in [2.75, 3.05) is 19.6 Å². The van der Waals surface area contributed by atoms with Crippen LogP contribution in [0.3, 0.4) is 0 Å². The van der Waals surface area contributed by atoms with Crippen molar-refractivity contribution in [3.8, 4) is 0 Å². The molecule has 1 heterocycles. The Labute approximate surface area is 108 Å². The fraction of sp³-hybridized carbons (Fsp3) is 0.400. The quantitative estimate of drug-likeness (QED) is 0.789. The molecule has 2 N–H and O–H groups in total. The zero-order valence-electron chi connectivity index (χ0n) is 11.0. The van der Waals surface area contributed by atoms with Gasteiger partial charge in [0.1, 0.15) is 0 Å². The molecule has 0 radical (unpaired) electrons. The Morgan fingerprint density at radius 2 is 2.06 bits per heavy atom. The highest BCUT2D eigenvalue weighted by molar-refractivity contribution is 5.93. The van der Waals surface area contributed by atoms with Crippen LogP contribution in [0.4, 0.5) is 0 Å². The lowest BCUT2D eigenvalue weighted by atomic mass is 10.0. The van der Waals surface area contributed by atoms with Crippen molar-refractivity contribution < 1.29 is 4.79 Å². The number of amides is 1. The standard InChI is InChI=1S/C15H20N2O/c1-11-5-3-4-6-13(11)7-8-17-15(18)12(2)14-9-16-10-14/h3-6,16H,7-10H2,1-2H3,(H,17,18). The van der Waals surface area contributed by atoms with E-state index in [0.717, 1.165) is 25.1 Å². The zero-order chi connectivity index (χ0) is 13.0. The monoisotopic (exact) mass is 244 g/mol. The van der Waals surface area contributed by atoms with E-state index in [1.54, 1.807) is 0 Å². The third-order valence-electron chi connectivity index (χ3n) is 3.49. The van der Waals surface area contributed by atoms with Crippen LogP contribution in [0.15, 0.2) is 35.4 Å². The summed E-state index contributed by atoms with van der Waals surface area (Å²) in [6, 6.07) is 8.29. The second-order valence-electron chi connectivity index (χ2n) is 4.76. The van der Waals surface area contributed by atoms with Crippen LogP contribution in [0.5, 0.6) is 0 Å². The van der Waals surface area contributed by atoms with Gasteiger partial charge in [0, 0.05) is 25.2 Å². The number of hydrogen-bond acceptors (Lipinski definition) is 2. The molecule has 18 heavy (non-hydrogen) atoms. The van der Waals surface area contributed by atoms with Gasteiger partial charge in [0.25, 0.3) is 0 Å². The summed E-state index contributed by atoms with van der Waals surface area (Å²) in [5.74, 6) is 0.0695. The highest BCUT2D eigenvalue weighted by atomic mass is 16.1. The Bertz CT molecular complexity index is 471. The molecule has 96 valence electrons. The van der Waals surface area contributed by atoms with Gasteiger partial charge in [0.2, 0.25) is 5.91 Å². The van der Waals surface area contributed by atoms with Gasteiger partial charge in [0.15, 0.2) is 0 Å². The molecule has 1 aliphatic heterocycles. The van der Waals surface area contributed by atoms with Crippen molar-refractivity contribution in [3.05, 3.63) is 46.5 Å². The summed E-state index contributed by atoms with van der Waals surface area (Å²) in [5.41, 5.74) is 4.68. The Morgan fingerprint density at radius 1 is 1.33 bits per heavy atom. The van der Waals surface area contributed by atoms with Crippen molar-refractivity contribution in [3.63, 3.8) is 0 Å². The van der Waals surface area contributed by atoms with E-state index in [1.807, 2.05) is 19.1 Å². The number of carbonyl (C=O) groups excluding carboxylic acids is 1. The van der Waals surface area contributed by atoms with Crippen LogP contribution in [0, 0.1) is 6.92 Å². The summed E-state index contributed by atoms with van der Waals surface area (Å²) in [7, 11) is 0. The third kappa shape index (κ3) is 2.99. The summed E-state index contributed by atoms with van der Waals surface area (Å²) in [6.07, 6.45) is 0.888. The van der Waals surface area contributed by atoms with E-state index in [1.165, 1.54) is 16.7 Å². The fourth-order valence-corrected chi connectivity index (χ4v) is 2.01. The van der Waals surface area contributed by atoms with E-state index in [-0.39, 0.29) is 5.91 Å². The Kier molecular flexibility index (Phi) is 4.15. The van der Waals surface area contributed by atoms with Crippen molar-refractivity contribution >= 4 is 5.91 Å². The molecule has 1 amide bonds. The molecule has 0 aromatic heterocycles. The van der Waals surface area contributed by atoms with Crippen molar-refractivity contribution in [2.45, 2.75) is 20.3 Å². The molecule has 0 aliphatic carbocycles. The first-order chi connectivity index (χ1) is 8.68. The molecular weight excluding hydrogens is 224 g/mol. The average Bonchev–Trinajstić information content (AvgIpc) is 2.29. The van der Waals surface area contributed by atoms with Crippen LogP contribution in [-0.2, 0) is 11.2 Å². The molecule has 0 unspecified atom stereocenters. The molecule has 0 saturated carbocycles. The van der Waals surface area contributed by atoms with Gasteiger partial charge in [-0.3, -0.25) is 4.79 Å². The van der Waals surface area contributed by atoms with Crippen molar-refractivity contribution in [2.24, 2.45) is 0 Å². The second-order valence-corrected chi connectivity index (χ2v) is 4.76. The number of rotatable bonds is 4. The van der Waals surface area contributed by atoms with Gasteiger partial charge in [-0.05, 0) is 37.0 Å². The topological polar surface area (TPSA) is 41.1 Å². The van der Waals surface area contributed by atoms with Gasteiger partial charge < -0.3 is 10.6 Å². The summed E-state index contributed by atoms with van der Waals surface area (Å²) < 4.78 is 0. The molecule has 1 aliphatic rings. The second kappa shape index (κ2) is 5.83. The Balaban J connectivity index is 1.82. The zero-order valence-corrected chi connectivity index (χ0v) is 11.0. The first-order valence-electron chi connectivity index (χ1n) is 6.40. The van der Waals surface area contributed by atoms with E-state index in [2.05, 4.69) is 29.7 Å². The lowest BCUT2D eigenvalue weighted by Crippen LogP contribution is -2.38. The normalized spacial score (nSPS) is 14.0. The first kappa shape index (κ1) is 12.8. The van der Waals surface area contributed by atoms with Crippen LogP contribution >= 0.6 is 0 Å². The minimum Gasteiger partial charge on any atom is -0.352 e. The molecule has 0 bridgehead atoms. The van der Waals surface area contributed by atoms with E-state index < -0.39 is 0 Å². The lowest BCUT2D eigenvalue weighted by Gasteiger charge is -2.21. The predicted octanol–water partition coefficient (Wildman–Crippen LogP) is 1.57. The number of carbonyl (C=O) groups is 1. The maximum atomic E-state index is 11.9.